The molecule has 1 aliphatic heterocycles. The summed E-state index contributed by atoms with van der Waals surface area (Å²) in [6, 6.07) is -1.23. The van der Waals surface area contributed by atoms with Gasteiger partial charge in [0.25, 0.3) is 0 Å². The van der Waals surface area contributed by atoms with Crippen molar-refractivity contribution in [1.29, 1.82) is 0 Å². The Morgan fingerprint density at radius 2 is 1.75 bits per heavy atom. The zero-order valence-electron chi connectivity index (χ0n) is 22.2. The van der Waals surface area contributed by atoms with Crippen LogP contribution < -0.4 is 9.80 Å². The van der Waals surface area contributed by atoms with Crippen molar-refractivity contribution < 1.29 is 38.2 Å². The van der Waals surface area contributed by atoms with Crippen molar-refractivity contribution in [1.82, 2.24) is 0 Å². The predicted octanol–water partition coefficient (Wildman–Crippen LogP) is 5.09. The molecule has 1 radical (unpaired) electrons. The molecular formula is C20H14IrN2O-2. The standard InChI is InChI=1S/C20H14N2O.Ir/c1-21-13-22(17-10-4-3-9-16(17)21)18-11-6-8-15-14-7-2-5-12-19(14)23-20(15)18;/h2-10,12-13H,1H3;/q-2;/i2D,3D,4D,5D,6D,7D,8D,9D,10D,12D;. The Kier molecular flexibility index (Phi) is 1.82. The predicted molar refractivity (Wildman–Crippen MR) is 93.8 cm³/mol. The Morgan fingerprint density at radius 1 is 1.00 bits per heavy atom. The van der Waals surface area contributed by atoms with Crippen LogP contribution in [0.15, 0.2) is 64.8 Å². The van der Waals surface area contributed by atoms with E-state index in [1.54, 1.807) is 7.05 Å². The molecule has 0 unspecified atom stereocenters. The van der Waals surface area contributed by atoms with Gasteiger partial charge in [-0.25, -0.2) is 0 Å². The Hall–Kier alpha value is -2.29. The largest absolute Gasteiger partial charge is 0.514 e. The van der Waals surface area contributed by atoms with E-state index in [-0.39, 0.29) is 83.3 Å². The van der Waals surface area contributed by atoms with E-state index in [0.717, 1.165) is 0 Å². The molecule has 0 N–H and O–H groups in total. The minimum atomic E-state index is -0.498. The van der Waals surface area contributed by atoms with Crippen LogP contribution in [0.25, 0.3) is 21.9 Å². The molecule has 4 heteroatoms. The van der Waals surface area contributed by atoms with Crippen molar-refractivity contribution in [3.05, 3.63) is 73.2 Å². The average molecular weight is 501 g/mol. The number of anilines is 3. The first-order valence-corrected chi connectivity index (χ1v) is 6.79. The minimum absolute atomic E-state index is 0. The number of rotatable bonds is 1. The van der Waals surface area contributed by atoms with Crippen molar-refractivity contribution >= 4 is 39.0 Å². The van der Waals surface area contributed by atoms with E-state index >= 15 is 0 Å². The summed E-state index contributed by atoms with van der Waals surface area (Å²) in [5.74, 6) is 0. The molecule has 4 aromatic rings. The normalized spacial score (nSPS) is 19.2. The van der Waals surface area contributed by atoms with Crippen molar-refractivity contribution in [3.8, 4) is 0 Å². The molecule has 24 heavy (non-hydrogen) atoms. The van der Waals surface area contributed by atoms with Crippen LogP contribution in [-0.2, 0) is 20.1 Å². The molecule has 1 aliphatic rings. The number of furan rings is 1. The Balaban J connectivity index is 0.00000274. The third-order valence-corrected chi connectivity index (χ3v) is 3.69. The number of para-hydroxylation sites is 3. The van der Waals surface area contributed by atoms with Crippen LogP contribution in [-0.4, -0.2) is 7.05 Å². The van der Waals surface area contributed by atoms with E-state index in [2.05, 4.69) is 6.07 Å². The Labute approximate surface area is 167 Å². The molecule has 0 amide bonds. The maximum atomic E-state index is 8.40. The minimum Gasteiger partial charge on any atom is -0.514 e. The fourth-order valence-corrected chi connectivity index (χ4v) is 2.67. The molecule has 0 aliphatic carbocycles. The van der Waals surface area contributed by atoms with Gasteiger partial charge < -0.3 is 14.2 Å². The second kappa shape index (κ2) is 5.66. The number of fused-ring (bicyclic) bond motifs is 4. The summed E-state index contributed by atoms with van der Waals surface area (Å²) >= 11 is 0. The first kappa shape index (κ1) is 7.73. The van der Waals surface area contributed by atoms with Gasteiger partial charge in [0.2, 0.25) is 0 Å². The van der Waals surface area contributed by atoms with Crippen LogP contribution in [0.5, 0.6) is 0 Å². The van der Waals surface area contributed by atoms with E-state index in [1.165, 1.54) is 16.5 Å². The van der Waals surface area contributed by atoms with Gasteiger partial charge in [-0.1, -0.05) is 41.3 Å². The van der Waals surface area contributed by atoms with E-state index in [4.69, 9.17) is 18.1 Å². The number of benzene rings is 3. The number of hydrogen-bond donors (Lipinski definition) is 0. The van der Waals surface area contributed by atoms with Crippen molar-refractivity contribution in [2.45, 2.75) is 0 Å². The van der Waals surface area contributed by atoms with Gasteiger partial charge in [-0.15, -0.1) is 0 Å². The third kappa shape index (κ3) is 2.07. The Morgan fingerprint density at radius 3 is 2.62 bits per heavy atom. The fraction of sp³-hybridized carbons (Fsp3) is 0.0500. The summed E-state index contributed by atoms with van der Waals surface area (Å²) in [6.45, 7) is 1.47. The second-order valence-corrected chi connectivity index (χ2v) is 5.03. The molecule has 0 fully saturated rings. The molecule has 0 spiro atoms. The molecule has 3 aromatic carbocycles. The maximum absolute atomic E-state index is 8.40. The monoisotopic (exact) mass is 501 g/mol. The van der Waals surface area contributed by atoms with Crippen LogP contribution in [0.3, 0.4) is 0 Å². The molecule has 5 rings (SSSR count). The second-order valence-electron chi connectivity index (χ2n) is 5.03. The van der Waals surface area contributed by atoms with Crippen LogP contribution in [0.1, 0.15) is 13.7 Å². The Bertz CT molecular complexity index is 1540. The van der Waals surface area contributed by atoms with Gasteiger partial charge in [-0.2, -0.15) is 24.8 Å². The molecule has 1 aromatic heterocycles. The maximum Gasteiger partial charge on any atom is 0.116 e. The van der Waals surface area contributed by atoms with E-state index in [0.29, 0.717) is 0 Å². The van der Waals surface area contributed by atoms with Gasteiger partial charge in [0.1, 0.15) is 5.58 Å². The van der Waals surface area contributed by atoms with Crippen LogP contribution in [0.4, 0.5) is 17.1 Å². The fourth-order valence-electron chi connectivity index (χ4n) is 2.67. The molecule has 2 heterocycles. The van der Waals surface area contributed by atoms with Crippen molar-refractivity contribution in [2.75, 3.05) is 16.8 Å². The van der Waals surface area contributed by atoms with Gasteiger partial charge in [-0.05, 0) is 26.5 Å². The molecule has 0 saturated heterocycles. The van der Waals surface area contributed by atoms with Gasteiger partial charge in [0, 0.05) is 43.8 Å². The zero-order valence-corrected chi connectivity index (χ0v) is 14.6. The van der Waals surface area contributed by atoms with Crippen LogP contribution in [0, 0.1) is 12.7 Å². The molecule has 3 nitrogen and oxygen atoms in total. The summed E-state index contributed by atoms with van der Waals surface area (Å²) in [5.41, 5.74) is 0.132. The van der Waals surface area contributed by atoms with Gasteiger partial charge in [-0.3, -0.25) is 0 Å². The number of hydrogen-bond acceptors (Lipinski definition) is 3. The van der Waals surface area contributed by atoms with Gasteiger partial charge in [0.15, 0.2) is 0 Å². The first-order chi connectivity index (χ1) is 15.5. The van der Waals surface area contributed by atoms with Crippen molar-refractivity contribution in [2.24, 2.45) is 0 Å². The molecule has 0 saturated carbocycles. The third-order valence-electron chi connectivity index (χ3n) is 3.69. The molecule has 0 bridgehead atoms. The molecule has 0 atom stereocenters. The summed E-state index contributed by atoms with van der Waals surface area (Å²) in [4.78, 5) is 2.86. The zero-order chi connectivity index (χ0) is 24.1. The number of nitrogens with zero attached hydrogens (tertiary/aromatic N) is 2. The summed E-state index contributed by atoms with van der Waals surface area (Å²) in [6.07, 6.45) is 0. The SMILES string of the molecule is [2H]c1[c-]c(N2[CH-]N(C)c3c([2H])c([2H])c([2H])c([2H])c32)c2oc3c([2H])c([2H])c([2H])c([2H])c3c2c1[2H].[Ir]. The van der Waals surface area contributed by atoms with Gasteiger partial charge in [0.05, 0.1) is 11.0 Å². The smallest absolute Gasteiger partial charge is 0.116 e. The van der Waals surface area contributed by atoms with Crippen LogP contribution in [0.2, 0.25) is 0 Å². The average Bonchev–Trinajstić information content (AvgIpc) is 3.35. The topological polar surface area (TPSA) is 19.6 Å². The summed E-state index contributed by atoms with van der Waals surface area (Å²) < 4.78 is 87.5. The van der Waals surface area contributed by atoms with E-state index < -0.39 is 36.3 Å². The summed E-state index contributed by atoms with van der Waals surface area (Å²) in [5, 5.41) is -0.0337. The van der Waals surface area contributed by atoms with Crippen molar-refractivity contribution in [3.63, 3.8) is 0 Å². The summed E-state index contributed by atoms with van der Waals surface area (Å²) in [7, 11) is 1.60. The van der Waals surface area contributed by atoms with Gasteiger partial charge >= 0.3 is 0 Å². The van der Waals surface area contributed by atoms with E-state index in [9.17, 15) is 0 Å². The molecular weight excluding hydrogens is 476 g/mol. The van der Waals surface area contributed by atoms with Crippen LogP contribution >= 0.6 is 0 Å². The molecule has 121 valence electrons. The first-order valence-electron chi connectivity index (χ1n) is 11.8. The quantitative estimate of drug-likeness (QED) is 0.340. The van der Waals surface area contributed by atoms with E-state index in [1.807, 2.05) is 0 Å².